The second-order valence-electron chi connectivity index (χ2n) is 4.93. The Hall–Kier alpha value is -2.60. The molecule has 0 saturated heterocycles. The highest BCUT2D eigenvalue weighted by Crippen LogP contribution is 2.14. The smallest absolute Gasteiger partial charge is 0.276 e. The highest BCUT2D eigenvalue weighted by atomic mass is 35.5. The van der Waals surface area contributed by atoms with Crippen molar-refractivity contribution in [2.75, 3.05) is 5.32 Å². The number of carbonyl (C=O) groups excluding carboxylic acids is 1. The molecule has 3 rings (SSSR count). The van der Waals surface area contributed by atoms with E-state index in [2.05, 4.69) is 44.9 Å². The number of H-pyrrole nitrogens is 1. The average molecular weight is 316 g/mol. The highest BCUT2D eigenvalue weighted by molar-refractivity contribution is 6.34. The largest absolute Gasteiger partial charge is 0.304 e. The molecule has 6 nitrogen and oxygen atoms in total. The summed E-state index contributed by atoms with van der Waals surface area (Å²) >= 11 is 5.85. The Bertz CT molecular complexity index is 790. The molecule has 0 bridgehead atoms. The normalized spacial score (nSPS) is 10.6. The number of halogens is 1. The third kappa shape index (κ3) is 3.17. The quantitative estimate of drug-likeness (QED) is 0.777. The van der Waals surface area contributed by atoms with Crippen LogP contribution in [0.5, 0.6) is 0 Å². The number of amides is 1. The lowest BCUT2D eigenvalue weighted by Crippen LogP contribution is -2.14. The van der Waals surface area contributed by atoms with Crippen molar-refractivity contribution in [1.29, 1.82) is 0 Å². The molecule has 2 N–H and O–H groups in total. The minimum Gasteiger partial charge on any atom is -0.304 e. The molecule has 0 aliphatic rings. The van der Waals surface area contributed by atoms with Crippen molar-refractivity contribution in [1.82, 2.24) is 20.0 Å². The van der Waals surface area contributed by atoms with E-state index in [1.165, 1.54) is 11.8 Å². The molecule has 3 aromatic rings. The molecule has 2 aromatic heterocycles. The molecule has 0 unspecified atom stereocenters. The summed E-state index contributed by atoms with van der Waals surface area (Å²) in [6.45, 7) is 2.69. The number of nitrogens with one attached hydrogen (secondary N) is 2. The van der Waals surface area contributed by atoms with Crippen molar-refractivity contribution in [2.45, 2.75) is 13.5 Å². The van der Waals surface area contributed by atoms with Gasteiger partial charge in [0.15, 0.2) is 5.82 Å². The van der Waals surface area contributed by atoms with Gasteiger partial charge in [-0.1, -0.05) is 41.4 Å². The predicted molar refractivity (Wildman–Crippen MR) is 84.1 cm³/mol. The van der Waals surface area contributed by atoms with E-state index in [-0.39, 0.29) is 16.6 Å². The maximum atomic E-state index is 12.0. The van der Waals surface area contributed by atoms with Crippen LogP contribution in [-0.2, 0) is 6.54 Å². The third-order valence-electron chi connectivity index (χ3n) is 3.17. The molecule has 112 valence electrons. The lowest BCUT2D eigenvalue weighted by atomic mass is 10.1. The fraction of sp³-hybridized carbons (Fsp3) is 0.133. The summed E-state index contributed by atoms with van der Waals surface area (Å²) in [5.74, 6) is 0.0888. The van der Waals surface area contributed by atoms with Crippen LogP contribution < -0.4 is 5.32 Å². The Morgan fingerprint density at radius 1 is 1.32 bits per heavy atom. The second-order valence-corrected chi connectivity index (χ2v) is 5.34. The zero-order chi connectivity index (χ0) is 15.5. The van der Waals surface area contributed by atoms with E-state index in [1.807, 2.05) is 13.1 Å². The molecule has 1 amide bonds. The number of rotatable bonds is 4. The van der Waals surface area contributed by atoms with Crippen molar-refractivity contribution >= 4 is 23.3 Å². The van der Waals surface area contributed by atoms with Crippen LogP contribution in [0.3, 0.4) is 0 Å². The molecule has 0 atom stereocenters. The van der Waals surface area contributed by atoms with E-state index in [1.54, 1.807) is 10.7 Å². The van der Waals surface area contributed by atoms with Crippen LogP contribution in [0.25, 0.3) is 0 Å². The Labute approximate surface area is 132 Å². The van der Waals surface area contributed by atoms with Crippen molar-refractivity contribution in [3.63, 3.8) is 0 Å². The van der Waals surface area contributed by atoms with E-state index in [0.717, 1.165) is 5.56 Å². The van der Waals surface area contributed by atoms with Gasteiger partial charge in [-0.05, 0) is 12.5 Å². The van der Waals surface area contributed by atoms with Crippen LogP contribution >= 0.6 is 11.6 Å². The molecule has 0 radical (unpaired) electrons. The van der Waals surface area contributed by atoms with Gasteiger partial charge in [0.05, 0.1) is 17.8 Å². The van der Waals surface area contributed by atoms with Gasteiger partial charge in [0.25, 0.3) is 5.91 Å². The standard InChI is InChI=1S/C15H14ClN5O/c1-10-2-4-11(5-3-10)9-21-7-6-13(20-21)18-15(22)14-12(16)8-17-19-14/h2-8H,9H2,1H3,(H,17,19)(H,18,20,22). The summed E-state index contributed by atoms with van der Waals surface area (Å²) in [6, 6.07) is 9.96. The number of hydrogen-bond acceptors (Lipinski definition) is 3. The van der Waals surface area contributed by atoms with Gasteiger partial charge in [-0.25, -0.2) is 0 Å². The minimum atomic E-state index is -0.372. The van der Waals surface area contributed by atoms with Crippen molar-refractivity contribution in [2.24, 2.45) is 0 Å². The molecule has 22 heavy (non-hydrogen) atoms. The highest BCUT2D eigenvalue weighted by Gasteiger charge is 2.13. The first-order valence-electron chi connectivity index (χ1n) is 6.71. The second kappa shape index (κ2) is 6.03. The third-order valence-corrected chi connectivity index (χ3v) is 3.45. The summed E-state index contributed by atoms with van der Waals surface area (Å²) in [6.07, 6.45) is 3.19. The lowest BCUT2D eigenvalue weighted by molar-refractivity contribution is 0.102. The van der Waals surface area contributed by atoms with Gasteiger partial charge in [-0.15, -0.1) is 0 Å². The van der Waals surface area contributed by atoms with Crippen LogP contribution in [0.1, 0.15) is 21.6 Å². The fourth-order valence-corrected chi connectivity index (χ4v) is 2.18. The number of aromatic amines is 1. The molecule has 0 aliphatic carbocycles. The monoisotopic (exact) mass is 315 g/mol. The topological polar surface area (TPSA) is 75.6 Å². The molecule has 1 aromatic carbocycles. The summed E-state index contributed by atoms with van der Waals surface area (Å²) in [5.41, 5.74) is 2.58. The predicted octanol–water partition coefficient (Wildman–Crippen LogP) is 2.87. The number of anilines is 1. The van der Waals surface area contributed by atoms with Crippen LogP contribution in [0, 0.1) is 6.92 Å². The molecular weight excluding hydrogens is 302 g/mol. The zero-order valence-corrected chi connectivity index (χ0v) is 12.6. The number of nitrogens with zero attached hydrogens (tertiary/aromatic N) is 3. The van der Waals surface area contributed by atoms with Crippen LogP contribution in [0.2, 0.25) is 5.02 Å². The SMILES string of the molecule is Cc1ccc(Cn2ccc(NC(=O)c3[nH]ncc3Cl)n2)cc1. The fourth-order valence-electron chi connectivity index (χ4n) is 2.01. The molecule has 2 heterocycles. The van der Waals surface area contributed by atoms with Gasteiger partial charge >= 0.3 is 0 Å². The van der Waals surface area contributed by atoms with Gasteiger partial charge in [0.1, 0.15) is 5.69 Å². The van der Waals surface area contributed by atoms with Crippen LogP contribution in [-0.4, -0.2) is 25.9 Å². The first-order valence-corrected chi connectivity index (χ1v) is 7.09. The molecule has 0 saturated carbocycles. The van der Waals surface area contributed by atoms with E-state index in [9.17, 15) is 4.79 Å². The number of aryl methyl sites for hydroxylation is 1. The molecule has 0 spiro atoms. The summed E-state index contributed by atoms with van der Waals surface area (Å²) in [5, 5.41) is 13.5. The zero-order valence-electron chi connectivity index (χ0n) is 11.9. The Kier molecular flexibility index (Phi) is 3.93. The van der Waals surface area contributed by atoms with E-state index >= 15 is 0 Å². The lowest BCUT2D eigenvalue weighted by Gasteiger charge is -2.03. The van der Waals surface area contributed by atoms with E-state index < -0.39 is 0 Å². The first kappa shape index (κ1) is 14.3. The van der Waals surface area contributed by atoms with Gasteiger partial charge in [0.2, 0.25) is 0 Å². The van der Waals surface area contributed by atoms with Crippen LogP contribution in [0.15, 0.2) is 42.7 Å². The summed E-state index contributed by atoms with van der Waals surface area (Å²) in [4.78, 5) is 12.0. The van der Waals surface area contributed by atoms with E-state index in [0.29, 0.717) is 12.4 Å². The van der Waals surface area contributed by atoms with Crippen LogP contribution in [0.4, 0.5) is 5.82 Å². The molecule has 7 heteroatoms. The Morgan fingerprint density at radius 3 is 2.77 bits per heavy atom. The van der Waals surface area contributed by atoms with Gasteiger partial charge in [-0.3, -0.25) is 14.6 Å². The van der Waals surface area contributed by atoms with E-state index in [4.69, 9.17) is 11.6 Å². The maximum absolute atomic E-state index is 12.0. The van der Waals surface area contributed by atoms with Gasteiger partial charge < -0.3 is 5.32 Å². The summed E-state index contributed by atoms with van der Waals surface area (Å²) < 4.78 is 1.76. The number of aromatic nitrogens is 4. The van der Waals surface area contributed by atoms with Gasteiger partial charge in [0, 0.05) is 12.3 Å². The van der Waals surface area contributed by atoms with Gasteiger partial charge in [-0.2, -0.15) is 10.2 Å². The molecular formula is C15H14ClN5O. The van der Waals surface area contributed by atoms with Crippen molar-refractivity contribution in [3.05, 3.63) is 64.6 Å². The average Bonchev–Trinajstić information content (AvgIpc) is 3.10. The molecule has 0 fully saturated rings. The summed E-state index contributed by atoms with van der Waals surface area (Å²) in [7, 11) is 0. The van der Waals surface area contributed by atoms with Crippen molar-refractivity contribution in [3.8, 4) is 0 Å². The number of carbonyl (C=O) groups is 1. The van der Waals surface area contributed by atoms with Crippen molar-refractivity contribution < 1.29 is 4.79 Å². The minimum absolute atomic E-state index is 0.217. The molecule has 0 aliphatic heterocycles. The first-order chi connectivity index (χ1) is 10.6. The number of benzene rings is 1. The Morgan fingerprint density at radius 2 is 2.09 bits per heavy atom. The maximum Gasteiger partial charge on any atom is 0.276 e. The Balaban J connectivity index is 1.67. The number of hydrogen-bond donors (Lipinski definition) is 2.